The van der Waals surface area contributed by atoms with Crippen molar-refractivity contribution in [3.63, 3.8) is 0 Å². The Balaban J connectivity index is 1.68. The van der Waals surface area contributed by atoms with Crippen LogP contribution in [-0.2, 0) is 0 Å². The van der Waals surface area contributed by atoms with Gasteiger partial charge in [-0.25, -0.2) is 9.67 Å². The second-order valence-electron chi connectivity index (χ2n) is 5.35. The van der Waals surface area contributed by atoms with E-state index < -0.39 is 0 Å². The maximum atomic E-state index is 12.3. The van der Waals surface area contributed by atoms with Gasteiger partial charge in [-0.3, -0.25) is 9.59 Å². The van der Waals surface area contributed by atoms with E-state index in [1.165, 1.54) is 24.6 Å². The molecule has 3 rings (SSSR count). The number of nitrogens with one attached hydrogen (secondary N) is 1. The number of nitrogens with zero attached hydrogens (tertiary/aromatic N) is 3. The highest BCUT2D eigenvalue weighted by molar-refractivity contribution is 7.15. The number of hydrogen-bond acceptors (Lipinski definition) is 5. The van der Waals surface area contributed by atoms with Crippen LogP contribution < -0.4 is 5.32 Å². The molecule has 0 saturated carbocycles. The molecule has 6 nitrogen and oxygen atoms in total. The summed E-state index contributed by atoms with van der Waals surface area (Å²) in [5.41, 5.74) is 1.88. The van der Waals surface area contributed by atoms with Crippen LogP contribution in [0.3, 0.4) is 0 Å². The van der Waals surface area contributed by atoms with Gasteiger partial charge in [0.05, 0.1) is 21.5 Å². The minimum Gasteiger partial charge on any atom is -0.345 e. The Morgan fingerprint density at radius 3 is 2.42 bits per heavy atom. The van der Waals surface area contributed by atoms with Gasteiger partial charge in [-0.2, -0.15) is 5.10 Å². The van der Waals surface area contributed by atoms with Crippen LogP contribution in [0.25, 0.3) is 5.69 Å². The molecule has 1 amide bonds. The average Bonchev–Trinajstić information content (AvgIpc) is 3.26. The number of rotatable bonds is 5. The Kier molecular flexibility index (Phi) is 4.52. The number of aromatic nitrogens is 3. The number of hydrogen-bond donors (Lipinski definition) is 1. The van der Waals surface area contributed by atoms with Gasteiger partial charge in [-0.1, -0.05) is 12.1 Å². The van der Waals surface area contributed by atoms with Crippen LogP contribution >= 0.6 is 11.3 Å². The second-order valence-corrected chi connectivity index (χ2v) is 6.43. The fourth-order valence-corrected chi connectivity index (χ4v) is 3.06. The van der Waals surface area contributed by atoms with Crippen LogP contribution in [0.4, 0.5) is 0 Å². The lowest BCUT2D eigenvalue weighted by Crippen LogP contribution is -2.25. The van der Waals surface area contributed by atoms with Crippen molar-refractivity contribution in [2.45, 2.75) is 19.9 Å². The SMILES string of the molecule is CC(=O)c1ccc(C(=O)N[C@H](C)c2ccc(-n3cncn3)cc2)s1. The zero-order valence-electron chi connectivity index (χ0n) is 13.3. The maximum absolute atomic E-state index is 12.3. The quantitative estimate of drug-likeness (QED) is 0.724. The fraction of sp³-hybridized carbons (Fsp3) is 0.176. The lowest BCUT2D eigenvalue weighted by Gasteiger charge is -2.14. The highest BCUT2D eigenvalue weighted by Crippen LogP contribution is 2.19. The zero-order chi connectivity index (χ0) is 17.1. The van der Waals surface area contributed by atoms with Crippen LogP contribution in [0, 0.1) is 0 Å². The van der Waals surface area contributed by atoms with Crippen molar-refractivity contribution in [3.05, 3.63) is 64.4 Å². The first-order valence-corrected chi connectivity index (χ1v) is 8.23. The van der Waals surface area contributed by atoms with Gasteiger partial charge in [0.1, 0.15) is 12.7 Å². The summed E-state index contributed by atoms with van der Waals surface area (Å²) in [4.78, 5) is 28.6. The summed E-state index contributed by atoms with van der Waals surface area (Å²) in [6.07, 6.45) is 3.11. The van der Waals surface area contributed by atoms with Crippen molar-refractivity contribution in [1.82, 2.24) is 20.1 Å². The molecule has 1 atom stereocenters. The third kappa shape index (κ3) is 3.41. The van der Waals surface area contributed by atoms with E-state index in [4.69, 9.17) is 0 Å². The number of benzene rings is 1. The smallest absolute Gasteiger partial charge is 0.261 e. The van der Waals surface area contributed by atoms with Crippen molar-refractivity contribution in [3.8, 4) is 5.69 Å². The van der Waals surface area contributed by atoms with Crippen molar-refractivity contribution < 1.29 is 9.59 Å². The molecule has 0 aliphatic heterocycles. The molecule has 0 spiro atoms. The molecule has 0 radical (unpaired) electrons. The molecule has 0 unspecified atom stereocenters. The molecule has 0 fully saturated rings. The largest absolute Gasteiger partial charge is 0.345 e. The number of carbonyl (C=O) groups is 2. The van der Waals surface area contributed by atoms with Crippen LogP contribution in [0.1, 0.15) is 44.8 Å². The molecule has 7 heteroatoms. The van der Waals surface area contributed by atoms with Gasteiger partial charge < -0.3 is 5.32 Å². The third-order valence-electron chi connectivity index (χ3n) is 3.60. The van der Waals surface area contributed by atoms with Crippen molar-refractivity contribution >= 4 is 23.0 Å². The highest BCUT2D eigenvalue weighted by atomic mass is 32.1. The molecule has 3 aromatic rings. The van der Waals surface area contributed by atoms with Crippen molar-refractivity contribution in [2.24, 2.45) is 0 Å². The van der Waals surface area contributed by atoms with E-state index in [0.29, 0.717) is 9.75 Å². The summed E-state index contributed by atoms with van der Waals surface area (Å²) in [7, 11) is 0. The molecule has 1 aromatic carbocycles. The van der Waals surface area contributed by atoms with E-state index in [1.807, 2.05) is 31.2 Å². The fourth-order valence-electron chi connectivity index (χ4n) is 2.26. The van der Waals surface area contributed by atoms with Gasteiger partial charge >= 0.3 is 0 Å². The van der Waals surface area contributed by atoms with Gasteiger partial charge in [0.2, 0.25) is 0 Å². The predicted octanol–water partition coefficient (Wildman–Crippen LogP) is 3.02. The van der Waals surface area contributed by atoms with Crippen molar-refractivity contribution in [1.29, 1.82) is 0 Å². The van der Waals surface area contributed by atoms with E-state index in [9.17, 15) is 9.59 Å². The van der Waals surface area contributed by atoms with E-state index in [-0.39, 0.29) is 17.7 Å². The normalized spacial score (nSPS) is 11.9. The number of thiophene rings is 1. The van der Waals surface area contributed by atoms with Gasteiger partial charge in [-0.15, -0.1) is 11.3 Å². The molecule has 122 valence electrons. The van der Waals surface area contributed by atoms with Crippen LogP contribution in [-0.4, -0.2) is 26.5 Å². The Bertz CT molecular complexity index is 853. The molecule has 24 heavy (non-hydrogen) atoms. The third-order valence-corrected chi connectivity index (χ3v) is 4.79. The number of carbonyl (C=O) groups excluding carboxylic acids is 2. The Hall–Kier alpha value is -2.80. The Morgan fingerprint density at radius 2 is 1.83 bits per heavy atom. The maximum Gasteiger partial charge on any atom is 0.261 e. The summed E-state index contributed by atoms with van der Waals surface area (Å²) in [5.74, 6) is -0.212. The summed E-state index contributed by atoms with van der Waals surface area (Å²) in [6.45, 7) is 3.41. The van der Waals surface area contributed by atoms with Gasteiger partial charge in [0, 0.05) is 0 Å². The first kappa shape index (κ1) is 16.1. The Labute approximate surface area is 143 Å². The molecule has 0 aliphatic carbocycles. The highest BCUT2D eigenvalue weighted by Gasteiger charge is 2.15. The average molecular weight is 340 g/mol. The molecule has 0 bridgehead atoms. The lowest BCUT2D eigenvalue weighted by molar-refractivity contribution is 0.0943. The molecule has 2 aromatic heterocycles. The first-order valence-electron chi connectivity index (χ1n) is 7.41. The van der Waals surface area contributed by atoms with Crippen molar-refractivity contribution in [2.75, 3.05) is 0 Å². The molecule has 0 saturated heterocycles. The van der Waals surface area contributed by atoms with E-state index in [2.05, 4.69) is 15.4 Å². The molecule has 1 N–H and O–H groups in total. The molecule has 0 aliphatic rings. The zero-order valence-corrected chi connectivity index (χ0v) is 14.1. The number of Topliss-reactive ketones (excluding diaryl/α,β-unsaturated/α-hetero) is 1. The van der Waals surface area contributed by atoms with Gasteiger partial charge in [0.15, 0.2) is 5.78 Å². The number of ketones is 1. The van der Waals surface area contributed by atoms with E-state index in [0.717, 1.165) is 11.3 Å². The predicted molar refractivity (Wildman–Crippen MR) is 91.6 cm³/mol. The van der Waals surface area contributed by atoms with Crippen LogP contribution in [0.2, 0.25) is 0 Å². The minimum absolute atomic E-state index is 0.0317. The Morgan fingerprint density at radius 1 is 1.12 bits per heavy atom. The van der Waals surface area contributed by atoms with Crippen LogP contribution in [0.15, 0.2) is 49.1 Å². The monoisotopic (exact) mass is 340 g/mol. The summed E-state index contributed by atoms with van der Waals surface area (Å²) >= 11 is 1.21. The summed E-state index contributed by atoms with van der Waals surface area (Å²) < 4.78 is 1.67. The van der Waals surface area contributed by atoms with E-state index >= 15 is 0 Å². The molecule has 2 heterocycles. The van der Waals surface area contributed by atoms with Gasteiger partial charge in [-0.05, 0) is 43.7 Å². The first-order chi connectivity index (χ1) is 11.5. The molecular formula is C17H16N4O2S. The number of amides is 1. The minimum atomic E-state index is -0.180. The van der Waals surface area contributed by atoms with Gasteiger partial charge in [0.25, 0.3) is 5.91 Å². The topological polar surface area (TPSA) is 76.9 Å². The summed E-state index contributed by atoms with van der Waals surface area (Å²) in [5, 5.41) is 7.02. The van der Waals surface area contributed by atoms with E-state index in [1.54, 1.807) is 23.1 Å². The standard InChI is InChI=1S/C17H16N4O2S/c1-11(20-17(23)16-8-7-15(24-16)12(2)22)13-3-5-14(6-4-13)21-10-18-9-19-21/h3-11H,1-2H3,(H,20,23)/t11-/m1/s1. The second kappa shape index (κ2) is 6.76. The van der Waals surface area contributed by atoms with Crippen LogP contribution in [0.5, 0.6) is 0 Å². The summed E-state index contributed by atoms with van der Waals surface area (Å²) in [6, 6.07) is 10.9. The lowest BCUT2D eigenvalue weighted by atomic mass is 10.1. The molecular weight excluding hydrogens is 324 g/mol.